The van der Waals surface area contributed by atoms with Crippen LogP contribution in [0.4, 0.5) is 4.79 Å². The fraction of sp³-hybridized carbons (Fsp3) is 0.600. The van der Waals surface area contributed by atoms with E-state index in [4.69, 9.17) is 9.47 Å². The lowest BCUT2D eigenvalue weighted by atomic mass is 10.1. The van der Waals surface area contributed by atoms with Gasteiger partial charge in [-0.25, -0.2) is 17.9 Å². The molecule has 0 bridgehead atoms. The van der Waals surface area contributed by atoms with Gasteiger partial charge in [-0.2, -0.15) is 0 Å². The van der Waals surface area contributed by atoms with E-state index >= 15 is 0 Å². The Hall–Kier alpha value is -2.17. The van der Waals surface area contributed by atoms with Gasteiger partial charge in [-0.15, -0.1) is 0 Å². The Labute approximate surface area is 176 Å². The average molecular weight is 438 g/mol. The summed E-state index contributed by atoms with van der Waals surface area (Å²) in [5.41, 5.74) is 0.358. The Bertz CT molecular complexity index is 911. The second kappa shape index (κ2) is 8.52. The van der Waals surface area contributed by atoms with Crippen molar-refractivity contribution in [3.8, 4) is 5.75 Å². The molecule has 2 saturated carbocycles. The molecule has 10 heteroatoms. The highest BCUT2D eigenvalue weighted by molar-refractivity contribution is 7.89. The number of hydrogen-bond donors (Lipinski definition) is 2. The molecule has 0 atom stereocenters. The molecule has 1 aliphatic heterocycles. The van der Waals surface area contributed by atoms with Crippen LogP contribution in [-0.2, 0) is 25.1 Å². The molecule has 164 valence electrons. The largest absolute Gasteiger partial charge is 0.493 e. The van der Waals surface area contributed by atoms with E-state index in [1.54, 1.807) is 0 Å². The van der Waals surface area contributed by atoms with Crippen LogP contribution in [0.1, 0.15) is 31.2 Å². The Kier molecular flexibility index (Phi) is 5.99. The standard InChI is InChI=1S/C20H27N3O6S/c24-18-13-23(19(25)21-18)8-9-28-10-11-30(26,27)22-20(6-7-20)16-2-1-3-17(12-16)29-14-15-4-5-15/h1-3,12,15,22H,4-11,13-14H2,(H,21,24,25). The predicted molar refractivity (Wildman–Crippen MR) is 108 cm³/mol. The maximum Gasteiger partial charge on any atom is 0.324 e. The third-order valence-corrected chi connectivity index (χ3v) is 6.95. The number of amides is 3. The molecule has 1 aromatic carbocycles. The van der Waals surface area contributed by atoms with Crippen LogP contribution in [0.2, 0.25) is 0 Å². The van der Waals surface area contributed by atoms with Gasteiger partial charge in [0.05, 0.1) is 31.1 Å². The number of benzene rings is 1. The molecule has 3 aliphatic rings. The van der Waals surface area contributed by atoms with Crippen molar-refractivity contribution in [3.05, 3.63) is 29.8 Å². The van der Waals surface area contributed by atoms with Gasteiger partial charge in [-0.1, -0.05) is 12.1 Å². The van der Waals surface area contributed by atoms with Crippen molar-refractivity contribution in [2.75, 3.05) is 38.7 Å². The summed E-state index contributed by atoms with van der Waals surface area (Å²) in [5.74, 6) is 0.918. The van der Waals surface area contributed by atoms with E-state index in [-0.39, 0.29) is 38.0 Å². The van der Waals surface area contributed by atoms with E-state index in [2.05, 4.69) is 10.0 Å². The Morgan fingerprint density at radius 3 is 2.67 bits per heavy atom. The first-order valence-electron chi connectivity index (χ1n) is 10.3. The molecule has 0 spiro atoms. The topological polar surface area (TPSA) is 114 Å². The summed E-state index contributed by atoms with van der Waals surface area (Å²) >= 11 is 0. The number of urea groups is 1. The van der Waals surface area contributed by atoms with Gasteiger partial charge < -0.3 is 14.4 Å². The van der Waals surface area contributed by atoms with Crippen LogP contribution in [0.15, 0.2) is 24.3 Å². The fourth-order valence-corrected chi connectivity index (χ4v) is 4.77. The maximum atomic E-state index is 12.5. The highest BCUT2D eigenvalue weighted by atomic mass is 32.2. The van der Waals surface area contributed by atoms with E-state index < -0.39 is 21.6 Å². The van der Waals surface area contributed by atoms with E-state index in [0.29, 0.717) is 12.5 Å². The molecule has 0 unspecified atom stereocenters. The number of carbonyl (C=O) groups is 2. The first-order valence-corrected chi connectivity index (χ1v) is 11.9. The molecule has 9 nitrogen and oxygen atoms in total. The van der Waals surface area contributed by atoms with Gasteiger partial charge in [-0.3, -0.25) is 10.1 Å². The summed E-state index contributed by atoms with van der Waals surface area (Å²) in [6.45, 7) is 1.14. The normalized spacial score (nSPS) is 20.3. The zero-order valence-electron chi connectivity index (χ0n) is 16.8. The van der Waals surface area contributed by atoms with E-state index in [1.165, 1.54) is 17.7 Å². The number of rotatable bonds is 12. The molecule has 0 radical (unpaired) electrons. The smallest absolute Gasteiger partial charge is 0.324 e. The Morgan fingerprint density at radius 1 is 1.20 bits per heavy atom. The van der Waals surface area contributed by atoms with Crippen molar-refractivity contribution in [3.63, 3.8) is 0 Å². The summed E-state index contributed by atoms with van der Waals surface area (Å²) in [6.07, 6.45) is 3.93. The molecular weight excluding hydrogens is 410 g/mol. The molecule has 30 heavy (non-hydrogen) atoms. The summed E-state index contributed by atoms with van der Waals surface area (Å²) in [6, 6.07) is 7.21. The zero-order chi connectivity index (χ0) is 21.2. The number of hydrogen-bond acceptors (Lipinski definition) is 6. The number of nitrogens with one attached hydrogen (secondary N) is 2. The van der Waals surface area contributed by atoms with Gasteiger partial charge in [-0.05, 0) is 49.3 Å². The van der Waals surface area contributed by atoms with Crippen LogP contribution >= 0.6 is 0 Å². The molecule has 0 aromatic heterocycles. The lowest BCUT2D eigenvalue weighted by Gasteiger charge is -2.19. The minimum atomic E-state index is -3.54. The molecule has 4 rings (SSSR count). The van der Waals surface area contributed by atoms with Gasteiger partial charge in [0, 0.05) is 6.54 Å². The average Bonchev–Trinajstić information content (AvgIpc) is 3.61. The van der Waals surface area contributed by atoms with Gasteiger partial charge >= 0.3 is 6.03 Å². The Balaban J connectivity index is 1.23. The van der Waals surface area contributed by atoms with Crippen molar-refractivity contribution in [1.82, 2.24) is 14.9 Å². The number of carbonyl (C=O) groups excluding carboxylic acids is 2. The monoisotopic (exact) mass is 437 g/mol. The minimum absolute atomic E-state index is 0.00794. The maximum absolute atomic E-state index is 12.5. The van der Waals surface area contributed by atoms with E-state index in [9.17, 15) is 18.0 Å². The highest BCUT2D eigenvalue weighted by Gasteiger charge is 2.47. The van der Waals surface area contributed by atoms with Crippen molar-refractivity contribution >= 4 is 22.0 Å². The molecule has 1 aromatic rings. The van der Waals surface area contributed by atoms with Crippen LogP contribution < -0.4 is 14.8 Å². The second-order valence-corrected chi connectivity index (χ2v) is 10.0. The van der Waals surface area contributed by atoms with Gasteiger partial charge in [0.1, 0.15) is 12.3 Å². The lowest BCUT2D eigenvalue weighted by molar-refractivity contribution is -0.118. The summed E-state index contributed by atoms with van der Waals surface area (Å²) < 4.78 is 39.1. The molecule has 1 saturated heterocycles. The van der Waals surface area contributed by atoms with E-state index in [1.807, 2.05) is 24.3 Å². The number of sulfonamides is 1. The zero-order valence-corrected chi connectivity index (χ0v) is 17.6. The molecule has 1 heterocycles. The van der Waals surface area contributed by atoms with Crippen LogP contribution in [0.25, 0.3) is 0 Å². The number of ether oxygens (including phenoxy) is 2. The van der Waals surface area contributed by atoms with Crippen LogP contribution in [0.5, 0.6) is 5.75 Å². The quantitative estimate of drug-likeness (QED) is 0.372. The van der Waals surface area contributed by atoms with Crippen molar-refractivity contribution in [2.24, 2.45) is 5.92 Å². The van der Waals surface area contributed by atoms with Crippen LogP contribution in [-0.4, -0.2) is 63.9 Å². The molecular formula is C20H27N3O6S. The first-order chi connectivity index (χ1) is 14.4. The molecule has 2 aliphatic carbocycles. The molecule has 3 fully saturated rings. The Morgan fingerprint density at radius 2 is 2.00 bits per heavy atom. The number of nitrogens with zero attached hydrogens (tertiary/aromatic N) is 1. The summed E-state index contributed by atoms with van der Waals surface area (Å²) in [4.78, 5) is 23.9. The van der Waals surface area contributed by atoms with Crippen molar-refractivity contribution in [2.45, 2.75) is 31.2 Å². The minimum Gasteiger partial charge on any atom is -0.493 e. The van der Waals surface area contributed by atoms with Crippen LogP contribution in [0.3, 0.4) is 0 Å². The van der Waals surface area contributed by atoms with Crippen molar-refractivity contribution < 1.29 is 27.5 Å². The van der Waals surface area contributed by atoms with Gasteiger partial charge in [0.2, 0.25) is 15.9 Å². The SMILES string of the molecule is O=C1CN(CCOCCS(=O)(=O)NC2(c3cccc(OCC4CC4)c3)CC2)C(=O)N1. The fourth-order valence-electron chi connectivity index (χ4n) is 3.41. The molecule has 3 amide bonds. The van der Waals surface area contributed by atoms with E-state index in [0.717, 1.165) is 24.2 Å². The third kappa shape index (κ3) is 5.50. The first kappa shape index (κ1) is 21.1. The van der Waals surface area contributed by atoms with Crippen molar-refractivity contribution in [1.29, 1.82) is 0 Å². The number of imide groups is 1. The summed E-state index contributed by atoms with van der Waals surface area (Å²) in [5, 5.41) is 2.18. The molecule has 2 N–H and O–H groups in total. The second-order valence-electron chi connectivity index (χ2n) is 8.17. The highest BCUT2D eigenvalue weighted by Crippen LogP contribution is 2.47. The summed E-state index contributed by atoms with van der Waals surface area (Å²) in [7, 11) is -3.54. The van der Waals surface area contributed by atoms with Gasteiger partial charge in [0.25, 0.3) is 0 Å². The third-order valence-electron chi connectivity index (χ3n) is 5.54. The predicted octanol–water partition coefficient (Wildman–Crippen LogP) is 0.952. The lowest BCUT2D eigenvalue weighted by Crippen LogP contribution is -2.37. The van der Waals surface area contributed by atoms with Gasteiger partial charge in [0.15, 0.2) is 0 Å². The van der Waals surface area contributed by atoms with Crippen LogP contribution in [0, 0.1) is 5.92 Å².